The van der Waals surface area contributed by atoms with E-state index in [1.165, 1.54) is 0 Å². The predicted molar refractivity (Wildman–Crippen MR) is 75.8 cm³/mol. The summed E-state index contributed by atoms with van der Waals surface area (Å²) >= 11 is 0. The maximum Gasteiger partial charge on any atom is 0.225 e. The van der Waals surface area contributed by atoms with Gasteiger partial charge in [0.25, 0.3) is 0 Å². The summed E-state index contributed by atoms with van der Waals surface area (Å²) in [5.41, 5.74) is 1.77. The van der Waals surface area contributed by atoms with Crippen molar-refractivity contribution in [3.8, 4) is 17.3 Å². The highest BCUT2D eigenvalue weighted by Crippen LogP contribution is 2.21. The summed E-state index contributed by atoms with van der Waals surface area (Å²) in [6, 6.07) is 8.10. The van der Waals surface area contributed by atoms with Crippen LogP contribution in [0.4, 0.5) is 5.95 Å². The molecule has 0 spiro atoms. The molecule has 0 amide bonds. The van der Waals surface area contributed by atoms with Crippen molar-refractivity contribution in [3.05, 3.63) is 36.8 Å². The molecule has 1 aliphatic rings. The zero-order chi connectivity index (χ0) is 13.8. The highest BCUT2D eigenvalue weighted by atomic mass is 15.2. The van der Waals surface area contributed by atoms with Crippen LogP contribution in [0.1, 0.15) is 12.8 Å². The topological polar surface area (TPSA) is 65.7 Å². The monoisotopic (exact) mass is 265 g/mol. The molecule has 0 N–H and O–H groups in total. The number of rotatable bonds is 2. The first kappa shape index (κ1) is 12.5. The molecule has 1 unspecified atom stereocenters. The fourth-order valence-electron chi connectivity index (χ4n) is 2.41. The number of hydrogen-bond donors (Lipinski definition) is 0. The van der Waals surface area contributed by atoms with E-state index in [0.717, 1.165) is 37.2 Å². The predicted octanol–water partition coefficient (Wildman–Crippen LogP) is 2.28. The summed E-state index contributed by atoms with van der Waals surface area (Å²) in [6.45, 7) is 1.64. The van der Waals surface area contributed by atoms with E-state index in [0.29, 0.717) is 5.95 Å². The van der Waals surface area contributed by atoms with Crippen LogP contribution in [0.25, 0.3) is 11.3 Å². The van der Waals surface area contributed by atoms with Crippen LogP contribution in [0.15, 0.2) is 36.8 Å². The summed E-state index contributed by atoms with van der Waals surface area (Å²) < 4.78 is 0. The third-order valence-electron chi connectivity index (χ3n) is 3.49. The normalized spacial score (nSPS) is 18.6. The third-order valence-corrected chi connectivity index (χ3v) is 3.49. The molecule has 0 aliphatic carbocycles. The molecule has 100 valence electrons. The van der Waals surface area contributed by atoms with E-state index in [1.807, 2.05) is 18.2 Å². The van der Waals surface area contributed by atoms with Gasteiger partial charge in [0.05, 0.1) is 17.7 Å². The van der Waals surface area contributed by atoms with Gasteiger partial charge in [-0.25, -0.2) is 9.97 Å². The number of nitriles is 1. The lowest BCUT2D eigenvalue weighted by Gasteiger charge is -2.29. The molecule has 5 heteroatoms. The Kier molecular flexibility index (Phi) is 3.55. The summed E-state index contributed by atoms with van der Waals surface area (Å²) in [4.78, 5) is 15.2. The maximum atomic E-state index is 9.02. The molecule has 0 radical (unpaired) electrons. The molecule has 0 saturated carbocycles. The molecular formula is C15H15N5. The van der Waals surface area contributed by atoms with Crippen molar-refractivity contribution in [2.75, 3.05) is 18.0 Å². The van der Waals surface area contributed by atoms with Crippen LogP contribution in [-0.4, -0.2) is 28.0 Å². The van der Waals surface area contributed by atoms with Gasteiger partial charge >= 0.3 is 0 Å². The first-order valence-corrected chi connectivity index (χ1v) is 6.75. The van der Waals surface area contributed by atoms with Gasteiger partial charge in [0, 0.05) is 37.2 Å². The van der Waals surface area contributed by atoms with Crippen LogP contribution >= 0.6 is 0 Å². The summed E-state index contributed by atoms with van der Waals surface area (Å²) in [6.07, 6.45) is 7.33. The third kappa shape index (κ3) is 2.59. The van der Waals surface area contributed by atoms with Crippen molar-refractivity contribution >= 4 is 5.95 Å². The molecule has 0 bridgehead atoms. The van der Waals surface area contributed by atoms with E-state index in [1.54, 1.807) is 18.6 Å². The lowest BCUT2D eigenvalue weighted by molar-refractivity contribution is 0.487. The molecule has 1 aliphatic heterocycles. The van der Waals surface area contributed by atoms with E-state index in [-0.39, 0.29) is 5.92 Å². The second-order valence-electron chi connectivity index (χ2n) is 4.90. The Morgan fingerprint density at radius 2 is 2.05 bits per heavy atom. The van der Waals surface area contributed by atoms with Gasteiger partial charge in [0.2, 0.25) is 5.95 Å². The van der Waals surface area contributed by atoms with E-state index in [4.69, 9.17) is 5.26 Å². The number of nitrogens with zero attached hydrogens (tertiary/aromatic N) is 5. The van der Waals surface area contributed by atoms with Gasteiger partial charge in [-0.15, -0.1) is 0 Å². The lowest BCUT2D eigenvalue weighted by Crippen LogP contribution is -2.35. The first-order valence-electron chi connectivity index (χ1n) is 6.75. The van der Waals surface area contributed by atoms with Crippen LogP contribution < -0.4 is 4.90 Å². The Labute approximate surface area is 117 Å². The van der Waals surface area contributed by atoms with Gasteiger partial charge in [-0.05, 0) is 25.0 Å². The summed E-state index contributed by atoms with van der Waals surface area (Å²) in [7, 11) is 0. The molecule has 0 aromatic carbocycles. The molecule has 20 heavy (non-hydrogen) atoms. The number of hydrogen-bond acceptors (Lipinski definition) is 5. The molecular weight excluding hydrogens is 250 g/mol. The zero-order valence-corrected chi connectivity index (χ0v) is 11.1. The molecule has 2 aromatic rings. The van der Waals surface area contributed by atoms with E-state index in [2.05, 4.69) is 25.9 Å². The van der Waals surface area contributed by atoms with Gasteiger partial charge in [0.15, 0.2) is 0 Å². The fourth-order valence-corrected chi connectivity index (χ4v) is 2.41. The smallest absolute Gasteiger partial charge is 0.225 e. The second kappa shape index (κ2) is 5.66. The molecule has 1 saturated heterocycles. The average molecular weight is 265 g/mol. The van der Waals surface area contributed by atoms with Gasteiger partial charge in [-0.3, -0.25) is 4.98 Å². The van der Waals surface area contributed by atoms with Crippen molar-refractivity contribution in [3.63, 3.8) is 0 Å². The minimum atomic E-state index is 0.0859. The Morgan fingerprint density at radius 1 is 1.20 bits per heavy atom. The second-order valence-corrected chi connectivity index (χ2v) is 4.90. The van der Waals surface area contributed by atoms with Gasteiger partial charge < -0.3 is 4.90 Å². The van der Waals surface area contributed by atoms with E-state index >= 15 is 0 Å². The Morgan fingerprint density at radius 3 is 2.75 bits per heavy atom. The average Bonchev–Trinajstić information content (AvgIpc) is 2.56. The quantitative estimate of drug-likeness (QED) is 0.833. The number of anilines is 1. The minimum absolute atomic E-state index is 0.0859. The SMILES string of the molecule is N#CC1CCCN(c2ncc(-c3ccccn3)cn2)C1. The maximum absolute atomic E-state index is 9.02. The Bertz CT molecular complexity index is 602. The largest absolute Gasteiger partial charge is 0.340 e. The van der Waals surface area contributed by atoms with Gasteiger partial charge in [-0.2, -0.15) is 5.26 Å². The van der Waals surface area contributed by atoms with Crippen LogP contribution in [0.2, 0.25) is 0 Å². The van der Waals surface area contributed by atoms with Crippen molar-refractivity contribution in [1.29, 1.82) is 5.26 Å². The molecule has 5 nitrogen and oxygen atoms in total. The fraction of sp³-hybridized carbons (Fsp3) is 0.333. The van der Waals surface area contributed by atoms with Crippen molar-refractivity contribution < 1.29 is 0 Å². The zero-order valence-electron chi connectivity index (χ0n) is 11.1. The van der Waals surface area contributed by atoms with Crippen molar-refractivity contribution in [1.82, 2.24) is 15.0 Å². The van der Waals surface area contributed by atoms with Gasteiger partial charge in [-0.1, -0.05) is 6.07 Å². The lowest BCUT2D eigenvalue weighted by atomic mass is 10.0. The standard InChI is InChI=1S/C15H15N5/c16-8-12-4-3-7-20(11-12)15-18-9-13(10-19-15)14-5-1-2-6-17-14/h1-2,5-6,9-10,12H,3-4,7,11H2. The number of aromatic nitrogens is 3. The van der Waals surface area contributed by atoms with Crippen LogP contribution in [-0.2, 0) is 0 Å². The summed E-state index contributed by atoms with van der Waals surface area (Å²) in [5.74, 6) is 0.785. The highest BCUT2D eigenvalue weighted by Gasteiger charge is 2.21. The van der Waals surface area contributed by atoms with Crippen molar-refractivity contribution in [2.24, 2.45) is 5.92 Å². The molecule has 1 atom stereocenters. The van der Waals surface area contributed by atoms with Crippen LogP contribution in [0.3, 0.4) is 0 Å². The summed E-state index contributed by atoms with van der Waals surface area (Å²) in [5, 5.41) is 9.02. The van der Waals surface area contributed by atoms with E-state index < -0.39 is 0 Å². The van der Waals surface area contributed by atoms with Crippen molar-refractivity contribution in [2.45, 2.75) is 12.8 Å². The molecule has 1 fully saturated rings. The highest BCUT2D eigenvalue weighted by molar-refractivity contribution is 5.57. The molecule has 2 aromatic heterocycles. The van der Waals surface area contributed by atoms with Crippen LogP contribution in [0, 0.1) is 17.2 Å². The van der Waals surface area contributed by atoms with E-state index in [9.17, 15) is 0 Å². The molecule has 3 rings (SSSR count). The Hall–Kier alpha value is -2.48. The number of pyridine rings is 1. The minimum Gasteiger partial charge on any atom is -0.340 e. The molecule has 3 heterocycles. The Balaban J connectivity index is 1.78. The van der Waals surface area contributed by atoms with Gasteiger partial charge in [0.1, 0.15) is 0 Å². The number of piperidine rings is 1. The first-order chi connectivity index (χ1) is 9.86. The van der Waals surface area contributed by atoms with Crippen LogP contribution in [0.5, 0.6) is 0 Å².